The Balaban J connectivity index is 2.03. The third kappa shape index (κ3) is 2.33. The third-order valence-electron chi connectivity index (χ3n) is 2.62. The number of nitrogens with zero attached hydrogens (tertiary/aromatic N) is 1. The summed E-state index contributed by atoms with van der Waals surface area (Å²) in [5.41, 5.74) is 0. The zero-order chi connectivity index (χ0) is 10.8. The van der Waals surface area contributed by atoms with Crippen molar-refractivity contribution >= 4 is 28.8 Å². The van der Waals surface area contributed by atoms with E-state index in [1.165, 1.54) is 11.3 Å². The van der Waals surface area contributed by atoms with Gasteiger partial charge in [0.15, 0.2) is 0 Å². The van der Waals surface area contributed by atoms with Crippen LogP contribution in [0.3, 0.4) is 0 Å². The predicted molar refractivity (Wildman–Crippen MR) is 60.4 cm³/mol. The number of thiophene rings is 1. The average molecular weight is 246 g/mol. The van der Waals surface area contributed by atoms with Gasteiger partial charge in [0.1, 0.15) is 0 Å². The molecule has 2 heterocycles. The molecule has 1 saturated heterocycles. The van der Waals surface area contributed by atoms with E-state index < -0.39 is 0 Å². The van der Waals surface area contributed by atoms with Crippen molar-refractivity contribution in [1.82, 2.24) is 4.90 Å². The number of carbonyl (C=O) groups excluding carboxylic acids is 1. The maximum absolute atomic E-state index is 11.9. The molecule has 1 atom stereocenters. The second kappa shape index (κ2) is 4.51. The van der Waals surface area contributed by atoms with Crippen molar-refractivity contribution in [3.8, 4) is 0 Å². The first-order valence-electron chi connectivity index (χ1n) is 4.86. The molecule has 0 unspecified atom stereocenters. The van der Waals surface area contributed by atoms with Crippen LogP contribution in [-0.2, 0) is 0 Å². The molecule has 1 aromatic heterocycles. The van der Waals surface area contributed by atoms with Crippen LogP contribution in [0.5, 0.6) is 0 Å². The van der Waals surface area contributed by atoms with E-state index in [2.05, 4.69) is 0 Å². The third-order valence-corrected chi connectivity index (χ3v) is 3.83. The Bertz CT molecular complexity index is 366. The number of halogens is 1. The first kappa shape index (κ1) is 10.9. The summed E-state index contributed by atoms with van der Waals surface area (Å²) in [5.74, 6) is 0.271. The molecular weight excluding hydrogens is 234 g/mol. The van der Waals surface area contributed by atoms with Crippen LogP contribution < -0.4 is 0 Å². The van der Waals surface area contributed by atoms with Crippen molar-refractivity contribution in [2.75, 3.05) is 19.7 Å². The maximum Gasteiger partial charge on any atom is 0.263 e. The molecule has 2 rings (SSSR count). The van der Waals surface area contributed by atoms with Gasteiger partial charge in [0.25, 0.3) is 5.91 Å². The zero-order valence-corrected chi connectivity index (χ0v) is 9.72. The topological polar surface area (TPSA) is 40.5 Å². The number of amides is 1. The van der Waals surface area contributed by atoms with Gasteiger partial charge in [-0.15, -0.1) is 11.3 Å². The molecule has 1 aliphatic rings. The first-order valence-corrected chi connectivity index (χ1v) is 6.05. The van der Waals surface area contributed by atoms with Gasteiger partial charge in [-0.1, -0.05) is 11.6 Å². The van der Waals surface area contributed by atoms with Gasteiger partial charge in [-0.3, -0.25) is 4.79 Å². The van der Waals surface area contributed by atoms with Gasteiger partial charge >= 0.3 is 0 Å². The molecule has 1 amide bonds. The van der Waals surface area contributed by atoms with Crippen molar-refractivity contribution in [1.29, 1.82) is 0 Å². The molecule has 0 radical (unpaired) electrons. The molecule has 1 N–H and O–H groups in total. The molecule has 0 saturated carbocycles. The molecule has 1 aliphatic heterocycles. The number of aliphatic hydroxyl groups is 1. The van der Waals surface area contributed by atoms with Crippen LogP contribution in [0.25, 0.3) is 0 Å². The summed E-state index contributed by atoms with van der Waals surface area (Å²) in [6.45, 7) is 1.55. The minimum Gasteiger partial charge on any atom is -0.396 e. The van der Waals surface area contributed by atoms with Gasteiger partial charge in [0.2, 0.25) is 0 Å². The Morgan fingerprint density at radius 3 is 3.00 bits per heavy atom. The largest absolute Gasteiger partial charge is 0.396 e. The molecule has 3 nitrogen and oxygen atoms in total. The molecule has 5 heteroatoms. The fraction of sp³-hybridized carbons (Fsp3) is 0.500. The molecular formula is C10H12ClNO2S. The Morgan fingerprint density at radius 1 is 1.67 bits per heavy atom. The van der Waals surface area contributed by atoms with Crippen LogP contribution in [0.4, 0.5) is 0 Å². The first-order chi connectivity index (χ1) is 7.20. The van der Waals surface area contributed by atoms with Crippen LogP contribution in [-0.4, -0.2) is 35.6 Å². The van der Waals surface area contributed by atoms with Crippen molar-refractivity contribution in [3.05, 3.63) is 21.3 Å². The minimum absolute atomic E-state index is 0.0304. The summed E-state index contributed by atoms with van der Waals surface area (Å²) in [6.07, 6.45) is 0.890. The van der Waals surface area contributed by atoms with Gasteiger partial charge in [0.05, 0.1) is 9.21 Å². The lowest BCUT2D eigenvalue weighted by Crippen LogP contribution is -2.28. The highest BCUT2D eigenvalue weighted by atomic mass is 35.5. The number of hydrogen-bond donors (Lipinski definition) is 1. The Morgan fingerprint density at radius 2 is 2.47 bits per heavy atom. The van der Waals surface area contributed by atoms with Crippen LogP contribution in [0, 0.1) is 5.92 Å². The highest BCUT2D eigenvalue weighted by Crippen LogP contribution is 2.25. The molecule has 0 aliphatic carbocycles. The SMILES string of the molecule is O=C(c1ccc(Cl)s1)N1CC[C@@H](CO)C1. The average Bonchev–Trinajstić information content (AvgIpc) is 2.84. The summed E-state index contributed by atoms with van der Waals surface area (Å²) >= 11 is 7.08. The lowest BCUT2D eigenvalue weighted by molar-refractivity contribution is 0.0786. The molecule has 82 valence electrons. The fourth-order valence-electron chi connectivity index (χ4n) is 1.75. The van der Waals surface area contributed by atoms with E-state index in [1.807, 2.05) is 0 Å². The molecule has 0 spiro atoms. The lowest BCUT2D eigenvalue weighted by Gasteiger charge is -2.14. The zero-order valence-electron chi connectivity index (χ0n) is 8.15. The van der Waals surface area contributed by atoms with Gasteiger partial charge in [0, 0.05) is 25.6 Å². The molecule has 1 aromatic rings. The molecule has 1 fully saturated rings. The standard InChI is InChI=1S/C10H12ClNO2S/c11-9-2-1-8(15-9)10(14)12-4-3-7(5-12)6-13/h1-2,7,13H,3-6H2/t7-/m1/s1. The smallest absolute Gasteiger partial charge is 0.263 e. The molecule has 0 aromatic carbocycles. The predicted octanol–water partition coefficient (Wildman–Crippen LogP) is 1.86. The number of rotatable bonds is 2. The number of carbonyl (C=O) groups is 1. The van der Waals surface area contributed by atoms with E-state index in [9.17, 15) is 4.79 Å². The van der Waals surface area contributed by atoms with Crippen molar-refractivity contribution in [3.63, 3.8) is 0 Å². The van der Waals surface area contributed by atoms with Crippen molar-refractivity contribution in [2.24, 2.45) is 5.92 Å². The second-order valence-corrected chi connectivity index (χ2v) is 5.41. The van der Waals surface area contributed by atoms with E-state index in [-0.39, 0.29) is 18.4 Å². The highest BCUT2D eigenvalue weighted by Gasteiger charge is 2.26. The van der Waals surface area contributed by atoms with E-state index in [1.54, 1.807) is 17.0 Å². The Labute approximate surface area is 97.3 Å². The van der Waals surface area contributed by atoms with Crippen LogP contribution in [0.15, 0.2) is 12.1 Å². The van der Waals surface area contributed by atoms with Crippen LogP contribution in [0.1, 0.15) is 16.1 Å². The van der Waals surface area contributed by atoms with Gasteiger partial charge in [-0.25, -0.2) is 0 Å². The monoisotopic (exact) mass is 245 g/mol. The second-order valence-electron chi connectivity index (χ2n) is 3.69. The van der Waals surface area contributed by atoms with Gasteiger partial charge < -0.3 is 10.0 Å². The quantitative estimate of drug-likeness (QED) is 0.864. The number of likely N-dealkylation sites (tertiary alicyclic amines) is 1. The van der Waals surface area contributed by atoms with E-state index >= 15 is 0 Å². The van der Waals surface area contributed by atoms with Crippen LogP contribution in [0.2, 0.25) is 4.34 Å². The lowest BCUT2D eigenvalue weighted by atomic mass is 10.1. The maximum atomic E-state index is 11.9. The minimum atomic E-state index is 0.0304. The normalized spacial score (nSPS) is 20.9. The summed E-state index contributed by atoms with van der Waals surface area (Å²) in [7, 11) is 0. The fourth-order valence-corrected chi connectivity index (χ4v) is 2.76. The number of hydrogen-bond acceptors (Lipinski definition) is 3. The Kier molecular flexibility index (Phi) is 3.29. The Hall–Kier alpha value is -0.580. The highest BCUT2D eigenvalue weighted by molar-refractivity contribution is 7.17. The van der Waals surface area contributed by atoms with Gasteiger partial charge in [-0.05, 0) is 18.6 Å². The summed E-state index contributed by atoms with van der Waals surface area (Å²) in [5, 5.41) is 8.98. The van der Waals surface area contributed by atoms with E-state index in [0.717, 1.165) is 13.0 Å². The van der Waals surface area contributed by atoms with Crippen LogP contribution >= 0.6 is 22.9 Å². The summed E-state index contributed by atoms with van der Waals surface area (Å²) < 4.78 is 0.635. The molecule has 15 heavy (non-hydrogen) atoms. The van der Waals surface area contributed by atoms with E-state index in [4.69, 9.17) is 16.7 Å². The number of aliphatic hydroxyl groups excluding tert-OH is 1. The summed E-state index contributed by atoms with van der Waals surface area (Å²) in [4.78, 5) is 14.4. The van der Waals surface area contributed by atoms with Crippen molar-refractivity contribution < 1.29 is 9.90 Å². The summed E-state index contributed by atoms with van der Waals surface area (Å²) in [6, 6.07) is 3.49. The van der Waals surface area contributed by atoms with Crippen molar-refractivity contribution in [2.45, 2.75) is 6.42 Å². The molecule has 0 bridgehead atoms. The van der Waals surface area contributed by atoms with Gasteiger partial charge in [-0.2, -0.15) is 0 Å². The van der Waals surface area contributed by atoms with E-state index in [0.29, 0.717) is 15.8 Å².